The van der Waals surface area contributed by atoms with Crippen LogP contribution in [0, 0.1) is 5.92 Å². The molecule has 8 heteroatoms. The fourth-order valence-electron chi connectivity index (χ4n) is 4.18. The van der Waals surface area contributed by atoms with Crippen LogP contribution in [0.25, 0.3) is 0 Å². The van der Waals surface area contributed by atoms with E-state index in [0.717, 1.165) is 31.0 Å². The van der Waals surface area contributed by atoms with Gasteiger partial charge in [-0.2, -0.15) is 0 Å². The first-order valence-corrected chi connectivity index (χ1v) is 10.0. The third kappa shape index (κ3) is 3.07. The molecule has 0 N–H and O–H groups in total. The van der Waals surface area contributed by atoms with Gasteiger partial charge in [0.25, 0.3) is 5.91 Å². The lowest BCUT2D eigenvalue weighted by atomic mass is 10.0. The molecule has 3 aliphatic heterocycles. The monoisotopic (exact) mass is 402 g/mol. The van der Waals surface area contributed by atoms with Crippen LogP contribution in [0.1, 0.15) is 25.3 Å². The van der Waals surface area contributed by atoms with E-state index in [1.807, 2.05) is 29.2 Å². The molecule has 0 bridgehead atoms. The predicted octanol–water partition coefficient (Wildman–Crippen LogP) is 2.24. The van der Waals surface area contributed by atoms with Crippen molar-refractivity contribution in [3.05, 3.63) is 34.9 Å². The molecule has 7 nitrogen and oxygen atoms in total. The Morgan fingerprint density at radius 1 is 1.21 bits per heavy atom. The number of nitrogens with zero attached hydrogens (tertiary/aromatic N) is 5. The Hall–Kier alpha value is -2.41. The van der Waals surface area contributed by atoms with E-state index in [-0.39, 0.29) is 11.9 Å². The number of urea groups is 1. The van der Waals surface area contributed by atoms with Crippen molar-refractivity contribution >= 4 is 35.3 Å². The normalized spacial score (nSPS) is 28.0. The van der Waals surface area contributed by atoms with Gasteiger partial charge < -0.3 is 0 Å². The van der Waals surface area contributed by atoms with E-state index in [1.54, 1.807) is 7.05 Å². The maximum Gasteiger partial charge on any atom is 0.392 e. The number of benzene rings is 1. The lowest BCUT2D eigenvalue weighted by Crippen LogP contribution is -2.62. The van der Waals surface area contributed by atoms with Crippen molar-refractivity contribution in [3.8, 4) is 0 Å². The van der Waals surface area contributed by atoms with Crippen molar-refractivity contribution in [3.63, 3.8) is 0 Å². The molecular weight excluding hydrogens is 378 g/mol. The summed E-state index contributed by atoms with van der Waals surface area (Å²) < 4.78 is 2.24. The molecule has 1 aromatic rings. The van der Waals surface area contributed by atoms with E-state index in [4.69, 9.17) is 16.6 Å². The highest BCUT2D eigenvalue weighted by molar-refractivity contribution is 6.31. The van der Waals surface area contributed by atoms with E-state index >= 15 is 0 Å². The second-order valence-electron chi connectivity index (χ2n) is 7.82. The van der Waals surface area contributed by atoms with Gasteiger partial charge in [-0.3, -0.25) is 19.2 Å². The highest BCUT2D eigenvalue weighted by Gasteiger charge is 2.55. The number of hydrogen-bond acceptors (Lipinski definition) is 2. The zero-order valence-electron chi connectivity index (χ0n) is 16.4. The first-order chi connectivity index (χ1) is 13.4. The number of carbonyl (C=O) groups is 2. The summed E-state index contributed by atoms with van der Waals surface area (Å²) in [5, 5.41) is 0.656. The van der Waals surface area contributed by atoms with Gasteiger partial charge in [-0.1, -0.05) is 41.7 Å². The number of piperidine rings is 1. The number of amidine groups is 1. The molecule has 148 valence electrons. The smallest absolute Gasteiger partial charge is 0.270 e. The minimum Gasteiger partial charge on any atom is -0.270 e. The summed E-state index contributed by atoms with van der Waals surface area (Å²) in [5.41, 5.74) is 0.929. The molecule has 0 saturated carbocycles. The quantitative estimate of drug-likeness (QED) is 0.713. The van der Waals surface area contributed by atoms with Crippen molar-refractivity contribution in [2.45, 2.75) is 32.4 Å². The molecule has 28 heavy (non-hydrogen) atoms. The van der Waals surface area contributed by atoms with Crippen molar-refractivity contribution in [1.29, 1.82) is 0 Å². The third-order valence-corrected chi connectivity index (χ3v) is 6.12. The Morgan fingerprint density at radius 3 is 2.68 bits per heavy atom. The van der Waals surface area contributed by atoms with Crippen LogP contribution in [0.4, 0.5) is 4.79 Å². The van der Waals surface area contributed by atoms with Crippen LogP contribution in [0.2, 0.25) is 5.02 Å². The second-order valence-corrected chi connectivity index (χ2v) is 8.23. The molecule has 2 fully saturated rings. The summed E-state index contributed by atoms with van der Waals surface area (Å²) >= 11 is 6.40. The van der Waals surface area contributed by atoms with Gasteiger partial charge in [0.1, 0.15) is 0 Å². The number of halogens is 1. The largest absolute Gasteiger partial charge is 0.392 e. The van der Waals surface area contributed by atoms with Gasteiger partial charge in [-0.05, 0) is 24.8 Å². The molecular formula is C20H25ClN5O2+. The lowest BCUT2D eigenvalue weighted by molar-refractivity contribution is -0.550. The topological polar surface area (TPSA) is 59.2 Å². The van der Waals surface area contributed by atoms with Crippen LogP contribution in [-0.4, -0.2) is 76.2 Å². The molecule has 2 saturated heterocycles. The van der Waals surface area contributed by atoms with Gasteiger partial charge in [0.2, 0.25) is 11.9 Å². The van der Waals surface area contributed by atoms with Gasteiger partial charge in [0.05, 0.1) is 19.6 Å². The van der Waals surface area contributed by atoms with E-state index in [0.29, 0.717) is 23.3 Å². The van der Waals surface area contributed by atoms with Crippen LogP contribution >= 0.6 is 11.6 Å². The van der Waals surface area contributed by atoms with E-state index in [1.165, 1.54) is 23.3 Å². The average molecular weight is 403 g/mol. The summed E-state index contributed by atoms with van der Waals surface area (Å²) in [7, 11) is 3.19. The van der Waals surface area contributed by atoms with Gasteiger partial charge in [0, 0.05) is 24.7 Å². The van der Waals surface area contributed by atoms with Gasteiger partial charge in [-0.25, -0.2) is 9.69 Å². The Morgan fingerprint density at radius 2 is 1.96 bits per heavy atom. The van der Waals surface area contributed by atoms with E-state index in [9.17, 15) is 9.59 Å². The molecule has 0 radical (unpaired) electrons. The van der Waals surface area contributed by atoms with Crippen LogP contribution in [0.15, 0.2) is 29.3 Å². The number of imide groups is 1. The minimum absolute atomic E-state index is 0.256. The number of likely N-dealkylation sites (N-methyl/N-ethyl adjacent to an activating group) is 2. The van der Waals surface area contributed by atoms with Crippen LogP contribution in [0.3, 0.4) is 0 Å². The zero-order chi connectivity index (χ0) is 20.0. The Kier molecular flexibility index (Phi) is 4.87. The molecule has 4 rings (SSSR count). The van der Waals surface area contributed by atoms with E-state index < -0.39 is 6.04 Å². The zero-order valence-corrected chi connectivity index (χ0v) is 17.2. The number of rotatable bonds is 2. The number of amides is 3. The predicted molar refractivity (Wildman–Crippen MR) is 108 cm³/mol. The highest BCUT2D eigenvalue weighted by Crippen LogP contribution is 2.27. The number of fused-ring (bicyclic) bond motifs is 1. The summed E-state index contributed by atoms with van der Waals surface area (Å²) in [6.45, 7) is 4.47. The maximum absolute atomic E-state index is 13.0. The Labute approximate surface area is 169 Å². The molecule has 0 aliphatic carbocycles. The molecule has 0 aromatic heterocycles. The summed E-state index contributed by atoms with van der Waals surface area (Å²) in [6, 6.07) is 6.67. The van der Waals surface area contributed by atoms with Gasteiger partial charge >= 0.3 is 12.0 Å². The number of aliphatic imine (C=N–C) groups is 1. The fourth-order valence-corrected chi connectivity index (χ4v) is 4.38. The van der Waals surface area contributed by atoms with E-state index in [2.05, 4.69) is 11.5 Å². The lowest BCUT2D eigenvalue weighted by Gasteiger charge is -2.33. The summed E-state index contributed by atoms with van der Waals surface area (Å²) in [5.74, 6) is 1.56. The standard InChI is InChI=1S/C20H25ClN5O2/c1-13-7-6-10-25(11-13)19-22-17-16(18(27)24(3)20(28)23(17)2)26(19)12-14-8-4-5-9-15(14)21/h4-5,8-9,13,16H,6-7,10-12H2,1-3H3/q+1. The molecule has 2 atom stereocenters. The van der Waals surface area contributed by atoms with Crippen molar-refractivity contribution in [2.24, 2.45) is 10.9 Å². The molecule has 2 unspecified atom stereocenters. The molecule has 1 aromatic carbocycles. The van der Waals surface area contributed by atoms with Crippen LogP contribution in [0.5, 0.6) is 0 Å². The third-order valence-electron chi connectivity index (χ3n) is 5.75. The SMILES string of the molecule is CC1CCC[N+](=C2N=C3C(C(=O)N(C)C(=O)N3C)N2Cc2ccccc2Cl)C1. The van der Waals surface area contributed by atoms with Crippen molar-refractivity contribution in [1.82, 2.24) is 14.7 Å². The molecule has 0 spiro atoms. The Bertz CT molecular complexity index is 896. The van der Waals surface area contributed by atoms with Gasteiger partial charge in [0.15, 0.2) is 0 Å². The molecule has 3 amide bonds. The van der Waals surface area contributed by atoms with Gasteiger partial charge in [-0.15, -0.1) is 0 Å². The minimum atomic E-state index is -0.615. The van der Waals surface area contributed by atoms with Crippen molar-refractivity contribution in [2.75, 3.05) is 27.2 Å². The first-order valence-electron chi connectivity index (χ1n) is 9.64. The van der Waals surface area contributed by atoms with Crippen LogP contribution < -0.4 is 0 Å². The molecule has 3 aliphatic rings. The summed E-state index contributed by atoms with van der Waals surface area (Å²) in [6.07, 6.45) is 2.27. The first kappa shape index (κ1) is 18.9. The number of carbonyl (C=O) groups excluding carboxylic acids is 2. The maximum atomic E-state index is 13.0. The highest BCUT2D eigenvalue weighted by atomic mass is 35.5. The number of hydrogen-bond donors (Lipinski definition) is 0. The summed E-state index contributed by atoms with van der Waals surface area (Å²) in [4.78, 5) is 34.9. The average Bonchev–Trinajstić information content (AvgIpc) is 3.06. The number of guanidine groups is 1. The Balaban J connectivity index is 1.80. The van der Waals surface area contributed by atoms with Crippen molar-refractivity contribution < 1.29 is 14.2 Å². The fraction of sp³-hybridized carbons (Fsp3) is 0.500. The van der Waals surface area contributed by atoms with Crippen LogP contribution in [-0.2, 0) is 11.3 Å². The second kappa shape index (κ2) is 7.20. The molecule has 3 heterocycles.